The number of carbonyl (C=O) groups excluding carboxylic acids is 2. The maximum absolute atomic E-state index is 12.4. The number of amides is 2. The highest BCUT2D eigenvalue weighted by molar-refractivity contribution is 6.30. The third-order valence-electron chi connectivity index (χ3n) is 5.50. The molecule has 2 atom stereocenters. The summed E-state index contributed by atoms with van der Waals surface area (Å²) in [6, 6.07) is 17.8. The van der Waals surface area contributed by atoms with E-state index in [1.165, 1.54) is 5.56 Å². The largest absolute Gasteiger partial charge is 0.356 e. The summed E-state index contributed by atoms with van der Waals surface area (Å²) in [4.78, 5) is 24.3. The van der Waals surface area contributed by atoms with Gasteiger partial charge in [-0.25, -0.2) is 0 Å². The number of halogens is 1. The summed E-state index contributed by atoms with van der Waals surface area (Å²) >= 11 is 5.97. The zero-order chi connectivity index (χ0) is 20.0. The van der Waals surface area contributed by atoms with E-state index in [1.807, 2.05) is 42.5 Å². The van der Waals surface area contributed by atoms with Crippen LogP contribution in [-0.4, -0.2) is 23.9 Å². The second-order valence-electron chi connectivity index (χ2n) is 7.75. The number of hydrogen-bond donors (Lipinski definition) is 2. The van der Waals surface area contributed by atoms with Gasteiger partial charge >= 0.3 is 0 Å². The predicted molar refractivity (Wildman–Crippen MR) is 112 cm³/mol. The summed E-state index contributed by atoms with van der Waals surface area (Å²) in [5.74, 6) is 0.353. The van der Waals surface area contributed by atoms with Crippen molar-refractivity contribution < 1.29 is 9.59 Å². The predicted octanol–water partition coefficient (Wildman–Crippen LogP) is 4.23. The molecule has 28 heavy (non-hydrogen) atoms. The molecule has 2 aromatic rings. The van der Waals surface area contributed by atoms with Crippen LogP contribution in [0.1, 0.15) is 49.7 Å². The maximum atomic E-state index is 12.4. The van der Waals surface area contributed by atoms with E-state index in [4.69, 9.17) is 11.6 Å². The van der Waals surface area contributed by atoms with Gasteiger partial charge in [0.05, 0.1) is 0 Å². The smallest absolute Gasteiger partial charge is 0.220 e. The monoisotopic (exact) mass is 398 g/mol. The van der Waals surface area contributed by atoms with E-state index in [-0.39, 0.29) is 23.3 Å². The molecule has 1 aliphatic rings. The maximum Gasteiger partial charge on any atom is 0.220 e. The summed E-state index contributed by atoms with van der Waals surface area (Å²) in [6.07, 6.45) is 3.01. The number of rotatable bonds is 8. The molecule has 0 spiro atoms. The molecule has 0 bridgehead atoms. The van der Waals surface area contributed by atoms with Crippen LogP contribution in [0.4, 0.5) is 0 Å². The molecular weight excluding hydrogens is 372 g/mol. The Morgan fingerprint density at radius 3 is 2.54 bits per heavy atom. The first-order chi connectivity index (χ1) is 13.5. The second-order valence-corrected chi connectivity index (χ2v) is 8.18. The summed E-state index contributed by atoms with van der Waals surface area (Å²) < 4.78 is 0. The van der Waals surface area contributed by atoms with Crippen LogP contribution in [0, 0.1) is 0 Å². The first-order valence-corrected chi connectivity index (χ1v) is 10.2. The molecule has 1 saturated heterocycles. The van der Waals surface area contributed by atoms with Crippen LogP contribution in [0.25, 0.3) is 0 Å². The minimum atomic E-state index is -0.354. The average molecular weight is 399 g/mol. The van der Waals surface area contributed by atoms with Gasteiger partial charge in [0, 0.05) is 29.9 Å². The Morgan fingerprint density at radius 1 is 1.18 bits per heavy atom. The summed E-state index contributed by atoms with van der Waals surface area (Å²) in [5.41, 5.74) is 1.97. The van der Waals surface area contributed by atoms with E-state index in [0.29, 0.717) is 37.3 Å². The van der Waals surface area contributed by atoms with Crippen molar-refractivity contribution in [3.8, 4) is 0 Å². The van der Waals surface area contributed by atoms with Crippen molar-refractivity contribution in [1.82, 2.24) is 10.6 Å². The first kappa shape index (κ1) is 20.4. The SMILES string of the molecule is C[C@H](CNC(=O)CC[C@@]1(Cc2ccc(Cl)cc2)CCC(=O)N1)c1ccccc1. The second kappa shape index (κ2) is 9.24. The highest BCUT2D eigenvalue weighted by Crippen LogP contribution is 2.30. The van der Waals surface area contributed by atoms with Crippen LogP contribution in [0.5, 0.6) is 0 Å². The van der Waals surface area contributed by atoms with Gasteiger partial charge in [-0.3, -0.25) is 9.59 Å². The third kappa shape index (κ3) is 5.59. The van der Waals surface area contributed by atoms with Crippen molar-refractivity contribution in [2.24, 2.45) is 0 Å². The molecule has 1 fully saturated rings. The van der Waals surface area contributed by atoms with Gasteiger partial charge in [0.2, 0.25) is 11.8 Å². The van der Waals surface area contributed by atoms with Crippen LogP contribution < -0.4 is 10.6 Å². The Kier molecular flexibility index (Phi) is 6.74. The normalized spacial score (nSPS) is 19.9. The summed E-state index contributed by atoms with van der Waals surface area (Å²) in [5, 5.41) is 6.85. The van der Waals surface area contributed by atoms with Crippen LogP contribution >= 0.6 is 11.6 Å². The Hall–Kier alpha value is -2.33. The molecule has 3 rings (SSSR count). The molecule has 2 amide bonds. The first-order valence-electron chi connectivity index (χ1n) is 9.83. The van der Waals surface area contributed by atoms with E-state index in [2.05, 4.69) is 29.7 Å². The van der Waals surface area contributed by atoms with Crippen molar-refractivity contribution in [3.05, 3.63) is 70.7 Å². The zero-order valence-electron chi connectivity index (χ0n) is 16.2. The van der Waals surface area contributed by atoms with Gasteiger partial charge in [-0.15, -0.1) is 0 Å². The molecule has 1 heterocycles. The Labute approximate surface area is 171 Å². The molecule has 0 unspecified atom stereocenters. The fourth-order valence-electron chi connectivity index (χ4n) is 3.78. The topological polar surface area (TPSA) is 58.2 Å². The van der Waals surface area contributed by atoms with E-state index in [9.17, 15) is 9.59 Å². The number of hydrogen-bond acceptors (Lipinski definition) is 2. The highest BCUT2D eigenvalue weighted by Gasteiger charge is 2.37. The lowest BCUT2D eigenvalue weighted by molar-refractivity contribution is -0.122. The van der Waals surface area contributed by atoms with E-state index in [1.54, 1.807) is 0 Å². The van der Waals surface area contributed by atoms with Crippen LogP contribution in [0.2, 0.25) is 5.02 Å². The Balaban J connectivity index is 1.54. The van der Waals surface area contributed by atoms with E-state index < -0.39 is 0 Å². The minimum Gasteiger partial charge on any atom is -0.356 e. The molecule has 2 aromatic carbocycles. The van der Waals surface area contributed by atoms with Gasteiger partial charge in [-0.1, -0.05) is 61.0 Å². The lowest BCUT2D eigenvalue weighted by Crippen LogP contribution is -2.44. The van der Waals surface area contributed by atoms with E-state index >= 15 is 0 Å². The zero-order valence-corrected chi connectivity index (χ0v) is 17.0. The third-order valence-corrected chi connectivity index (χ3v) is 5.75. The molecule has 2 N–H and O–H groups in total. The average Bonchev–Trinajstić information content (AvgIpc) is 3.08. The number of nitrogens with one attached hydrogen (secondary N) is 2. The minimum absolute atomic E-state index is 0.0272. The van der Waals surface area contributed by atoms with Crippen molar-refractivity contribution in [2.45, 2.75) is 50.5 Å². The van der Waals surface area contributed by atoms with Gasteiger partial charge in [0.25, 0.3) is 0 Å². The molecule has 0 aliphatic carbocycles. The molecule has 148 valence electrons. The van der Waals surface area contributed by atoms with Gasteiger partial charge in [0.15, 0.2) is 0 Å². The standard InChI is InChI=1S/C23H27ClN2O2/c1-17(19-5-3-2-4-6-19)16-25-21(27)11-13-23(14-12-22(28)26-23)15-18-7-9-20(24)10-8-18/h2-10,17H,11-16H2,1H3,(H,25,27)(H,26,28)/t17-,23+/m1/s1. The van der Waals surface area contributed by atoms with Gasteiger partial charge in [-0.2, -0.15) is 0 Å². The van der Waals surface area contributed by atoms with Crippen molar-refractivity contribution in [1.29, 1.82) is 0 Å². The quantitative estimate of drug-likeness (QED) is 0.699. The highest BCUT2D eigenvalue weighted by atomic mass is 35.5. The Morgan fingerprint density at radius 2 is 1.89 bits per heavy atom. The molecule has 0 aromatic heterocycles. The molecule has 0 saturated carbocycles. The molecule has 5 heteroatoms. The van der Waals surface area contributed by atoms with Crippen molar-refractivity contribution in [3.63, 3.8) is 0 Å². The van der Waals surface area contributed by atoms with Crippen LogP contribution in [0.15, 0.2) is 54.6 Å². The lowest BCUT2D eigenvalue weighted by Gasteiger charge is -2.29. The number of carbonyl (C=O) groups is 2. The van der Waals surface area contributed by atoms with Crippen molar-refractivity contribution in [2.75, 3.05) is 6.54 Å². The Bertz CT molecular complexity index is 807. The number of benzene rings is 2. The van der Waals surface area contributed by atoms with E-state index in [0.717, 1.165) is 12.0 Å². The molecule has 0 radical (unpaired) electrons. The summed E-state index contributed by atoms with van der Waals surface area (Å²) in [6.45, 7) is 2.72. The summed E-state index contributed by atoms with van der Waals surface area (Å²) in [7, 11) is 0. The van der Waals surface area contributed by atoms with Crippen LogP contribution in [-0.2, 0) is 16.0 Å². The van der Waals surface area contributed by atoms with Gasteiger partial charge < -0.3 is 10.6 Å². The van der Waals surface area contributed by atoms with Gasteiger partial charge in [-0.05, 0) is 48.4 Å². The molecule has 1 aliphatic heterocycles. The fourth-order valence-corrected chi connectivity index (χ4v) is 3.91. The van der Waals surface area contributed by atoms with Crippen LogP contribution in [0.3, 0.4) is 0 Å². The van der Waals surface area contributed by atoms with Gasteiger partial charge in [0.1, 0.15) is 0 Å². The fraction of sp³-hybridized carbons (Fsp3) is 0.391. The van der Waals surface area contributed by atoms with Crippen molar-refractivity contribution >= 4 is 23.4 Å². The molecular formula is C23H27ClN2O2. The lowest BCUT2D eigenvalue weighted by atomic mass is 9.85. The molecule has 4 nitrogen and oxygen atoms in total.